The molecule has 0 saturated carbocycles. The van der Waals surface area contributed by atoms with E-state index in [0.29, 0.717) is 5.75 Å². The number of amides is 1. The van der Waals surface area contributed by atoms with Crippen LogP contribution in [0.2, 0.25) is 0 Å². The molecule has 0 aliphatic carbocycles. The van der Waals surface area contributed by atoms with Crippen LogP contribution in [0.4, 0.5) is 0 Å². The van der Waals surface area contributed by atoms with Crippen molar-refractivity contribution in [2.24, 2.45) is 0 Å². The average molecular weight is 207 g/mol. The lowest BCUT2D eigenvalue weighted by Gasteiger charge is -2.07. The summed E-state index contributed by atoms with van der Waals surface area (Å²) in [4.78, 5) is 11.1. The van der Waals surface area contributed by atoms with Crippen molar-refractivity contribution in [1.82, 2.24) is 5.32 Å². The molecule has 0 rings (SSSR count). The molecule has 0 saturated heterocycles. The summed E-state index contributed by atoms with van der Waals surface area (Å²) in [6.45, 7) is 3.67. The normalized spacial score (nSPS) is 12.9. The summed E-state index contributed by atoms with van der Waals surface area (Å²) in [5.74, 6) is 0.509. The van der Waals surface area contributed by atoms with Crippen molar-refractivity contribution in [3.05, 3.63) is 0 Å². The van der Waals surface area contributed by atoms with Crippen LogP contribution in [0.1, 0.15) is 20.3 Å². The molecule has 13 heavy (non-hydrogen) atoms. The molecule has 0 heterocycles. The van der Waals surface area contributed by atoms with Gasteiger partial charge in [-0.25, -0.2) is 0 Å². The molecule has 0 bridgehead atoms. The zero-order valence-corrected chi connectivity index (χ0v) is 8.89. The highest BCUT2D eigenvalue weighted by Crippen LogP contribution is 1.89. The second-order valence-corrected chi connectivity index (χ2v) is 4.74. The molecule has 2 N–H and O–H groups in total. The van der Waals surface area contributed by atoms with E-state index in [1.165, 1.54) is 0 Å². The minimum atomic E-state index is -1.07. The first kappa shape index (κ1) is 12.6. The second-order valence-electron chi connectivity index (χ2n) is 3.04. The largest absolute Gasteiger partial charge is 0.395 e. The molecular weight excluding hydrogens is 190 g/mol. The molecule has 0 spiro atoms. The van der Waals surface area contributed by atoms with Gasteiger partial charge >= 0.3 is 0 Å². The Balaban J connectivity index is 3.52. The quantitative estimate of drug-likeness (QED) is 0.625. The minimum Gasteiger partial charge on any atom is -0.395 e. The molecule has 0 aliphatic heterocycles. The van der Waals surface area contributed by atoms with Gasteiger partial charge in [0.15, 0.2) is 0 Å². The van der Waals surface area contributed by atoms with Crippen LogP contribution >= 0.6 is 0 Å². The van der Waals surface area contributed by atoms with E-state index in [9.17, 15) is 9.00 Å². The van der Waals surface area contributed by atoms with Gasteiger partial charge in [-0.3, -0.25) is 9.00 Å². The van der Waals surface area contributed by atoms with Crippen molar-refractivity contribution >= 4 is 16.7 Å². The maximum Gasteiger partial charge on any atom is 0.221 e. The first-order chi connectivity index (χ1) is 6.06. The van der Waals surface area contributed by atoms with Crippen molar-refractivity contribution in [2.75, 3.05) is 18.1 Å². The summed E-state index contributed by atoms with van der Waals surface area (Å²) in [6.07, 6.45) is 0.269. The summed E-state index contributed by atoms with van der Waals surface area (Å²) < 4.78 is 11.0. The topological polar surface area (TPSA) is 66.4 Å². The van der Waals surface area contributed by atoms with Crippen molar-refractivity contribution in [3.8, 4) is 0 Å². The molecule has 0 radical (unpaired) electrons. The van der Waals surface area contributed by atoms with E-state index in [1.54, 1.807) is 0 Å². The maximum atomic E-state index is 11.1. The molecule has 0 aromatic carbocycles. The predicted octanol–water partition coefficient (Wildman–Crippen LogP) is -0.358. The van der Waals surface area contributed by atoms with Crippen LogP contribution in [-0.2, 0) is 15.6 Å². The Bertz CT molecular complexity index is 182. The Morgan fingerprint density at radius 2 is 2.08 bits per heavy atom. The van der Waals surface area contributed by atoms with Crippen LogP contribution in [0.3, 0.4) is 0 Å². The highest BCUT2D eigenvalue weighted by Gasteiger charge is 2.05. The lowest BCUT2D eigenvalue weighted by molar-refractivity contribution is -0.121. The van der Waals surface area contributed by atoms with Crippen LogP contribution in [-0.4, -0.2) is 39.4 Å². The third kappa shape index (κ3) is 7.93. The number of rotatable bonds is 6. The molecule has 0 aromatic rings. The summed E-state index contributed by atoms with van der Waals surface area (Å²) in [5.41, 5.74) is 0. The van der Waals surface area contributed by atoms with E-state index in [0.717, 1.165) is 0 Å². The van der Waals surface area contributed by atoms with Gasteiger partial charge in [0.2, 0.25) is 5.91 Å². The van der Waals surface area contributed by atoms with Gasteiger partial charge in [0.1, 0.15) is 0 Å². The SMILES string of the molecule is CC(C)NC(=O)CCS(=O)CCO. The average Bonchev–Trinajstić information content (AvgIpc) is 2.00. The second kappa shape index (κ2) is 7.03. The molecule has 1 atom stereocenters. The van der Waals surface area contributed by atoms with E-state index in [4.69, 9.17) is 5.11 Å². The van der Waals surface area contributed by atoms with Gasteiger partial charge in [-0.05, 0) is 13.8 Å². The lowest BCUT2D eigenvalue weighted by atomic mass is 10.3. The number of nitrogens with one attached hydrogen (secondary N) is 1. The van der Waals surface area contributed by atoms with Gasteiger partial charge in [-0.1, -0.05) is 0 Å². The number of aliphatic hydroxyl groups excluding tert-OH is 1. The Labute approximate surface area is 81.2 Å². The van der Waals surface area contributed by atoms with Crippen molar-refractivity contribution in [2.45, 2.75) is 26.3 Å². The Morgan fingerprint density at radius 1 is 1.46 bits per heavy atom. The molecule has 78 valence electrons. The molecular formula is C8H17NO3S. The molecule has 4 nitrogen and oxygen atoms in total. The molecule has 0 aromatic heterocycles. The van der Waals surface area contributed by atoms with Gasteiger partial charge in [0.05, 0.1) is 6.61 Å². The standard InChI is InChI=1S/C8H17NO3S/c1-7(2)9-8(11)3-5-13(12)6-4-10/h7,10H,3-6H2,1-2H3,(H,9,11). The van der Waals surface area contributed by atoms with Gasteiger partial charge in [0.25, 0.3) is 0 Å². The summed E-state index contributed by atoms with van der Waals surface area (Å²) in [6, 6.07) is 0.124. The summed E-state index contributed by atoms with van der Waals surface area (Å²) in [5, 5.41) is 11.2. The van der Waals surface area contributed by atoms with E-state index in [2.05, 4.69) is 5.32 Å². The fourth-order valence-electron chi connectivity index (χ4n) is 0.805. The monoisotopic (exact) mass is 207 g/mol. The molecule has 1 unspecified atom stereocenters. The van der Waals surface area contributed by atoms with E-state index < -0.39 is 10.8 Å². The van der Waals surface area contributed by atoms with Crippen LogP contribution in [0.15, 0.2) is 0 Å². The fourth-order valence-corrected chi connectivity index (χ4v) is 1.63. The van der Waals surface area contributed by atoms with E-state index in [1.807, 2.05) is 13.8 Å². The van der Waals surface area contributed by atoms with Gasteiger partial charge in [-0.15, -0.1) is 0 Å². The first-order valence-electron chi connectivity index (χ1n) is 4.31. The van der Waals surface area contributed by atoms with Crippen molar-refractivity contribution in [1.29, 1.82) is 0 Å². The molecule has 1 amide bonds. The first-order valence-corrected chi connectivity index (χ1v) is 5.80. The van der Waals surface area contributed by atoms with E-state index in [-0.39, 0.29) is 30.7 Å². The Kier molecular flexibility index (Phi) is 6.80. The summed E-state index contributed by atoms with van der Waals surface area (Å²) in [7, 11) is -1.07. The highest BCUT2D eigenvalue weighted by molar-refractivity contribution is 7.85. The Hall–Kier alpha value is -0.420. The number of hydrogen-bond acceptors (Lipinski definition) is 3. The van der Waals surface area contributed by atoms with Gasteiger partial charge in [-0.2, -0.15) is 0 Å². The molecule has 0 aliphatic rings. The maximum absolute atomic E-state index is 11.1. The van der Waals surface area contributed by atoms with Gasteiger partial charge < -0.3 is 10.4 Å². The van der Waals surface area contributed by atoms with Crippen LogP contribution in [0, 0.1) is 0 Å². The number of carbonyl (C=O) groups excluding carboxylic acids is 1. The fraction of sp³-hybridized carbons (Fsp3) is 0.875. The van der Waals surface area contributed by atoms with Crippen LogP contribution < -0.4 is 5.32 Å². The molecule has 5 heteroatoms. The lowest BCUT2D eigenvalue weighted by Crippen LogP contribution is -2.31. The van der Waals surface area contributed by atoms with Gasteiger partial charge in [0, 0.05) is 34.8 Å². The zero-order chi connectivity index (χ0) is 10.3. The van der Waals surface area contributed by atoms with Crippen LogP contribution in [0.25, 0.3) is 0 Å². The number of carbonyl (C=O) groups is 1. The van der Waals surface area contributed by atoms with Crippen molar-refractivity contribution in [3.63, 3.8) is 0 Å². The zero-order valence-electron chi connectivity index (χ0n) is 8.08. The summed E-state index contributed by atoms with van der Waals surface area (Å²) >= 11 is 0. The highest BCUT2D eigenvalue weighted by atomic mass is 32.2. The number of hydrogen-bond donors (Lipinski definition) is 2. The predicted molar refractivity (Wildman–Crippen MR) is 52.9 cm³/mol. The smallest absolute Gasteiger partial charge is 0.221 e. The molecule has 0 fully saturated rings. The van der Waals surface area contributed by atoms with E-state index >= 15 is 0 Å². The minimum absolute atomic E-state index is 0.0821. The third-order valence-electron chi connectivity index (χ3n) is 1.33. The third-order valence-corrected chi connectivity index (χ3v) is 2.62. The van der Waals surface area contributed by atoms with Crippen LogP contribution in [0.5, 0.6) is 0 Å². The Morgan fingerprint density at radius 3 is 2.54 bits per heavy atom. The number of aliphatic hydroxyl groups is 1. The van der Waals surface area contributed by atoms with Crippen molar-refractivity contribution < 1.29 is 14.1 Å².